The van der Waals surface area contributed by atoms with Gasteiger partial charge in [0, 0.05) is 0 Å². The Balaban J connectivity index is 2.07. The third-order valence-electron chi connectivity index (χ3n) is 3.84. The first kappa shape index (κ1) is 20.9. The molecule has 0 saturated carbocycles. The average Bonchev–Trinajstić information content (AvgIpc) is 2.59. The van der Waals surface area contributed by atoms with Crippen molar-refractivity contribution in [3.8, 4) is 17.2 Å². The van der Waals surface area contributed by atoms with Crippen LogP contribution in [0.4, 0.5) is 0 Å². The van der Waals surface area contributed by atoms with E-state index >= 15 is 0 Å². The number of ether oxygens (including phenoxy) is 3. The molecule has 0 saturated heterocycles. The lowest BCUT2D eigenvalue weighted by Crippen LogP contribution is -2.16. The Kier molecular flexibility index (Phi) is 6.97. The molecule has 0 amide bonds. The predicted octanol–water partition coefficient (Wildman–Crippen LogP) is 5.19. The van der Waals surface area contributed by atoms with E-state index in [0.29, 0.717) is 24.7 Å². The van der Waals surface area contributed by atoms with E-state index in [0.717, 1.165) is 11.3 Å². The van der Waals surface area contributed by atoms with Gasteiger partial charge in [0.2, 0.25) is 0 Å². The second-order valence-corrected chi connectivity index (χ2v) is 7.37. The van der Waals surface area contributed by atoms with Crippen molar-refractivity contribution in [1.82, 2.24) is 0 Å². The second kappa shape index (κ2) is 9.00. The number of hydrogen-bond donors (Lipinski definition) is 1. The van der Waals surface area contributed by atoms with Crippen LogP contribution in [0.25, 0.3) is 0 Å². The van der Waals surface area contributed by atoms with Gasteiger partial charge in [-0.3, -0.25) is 0 Å². The molecule has 0 aliphatic heterocycles. The molecule has 1 N–H and O–H groups in total. The van der Waals surface area contributed by atoms with Gasteiger partial charge < -0.3 is 19.3 Å². The monoisotopic (exact) mass is 392 g/mol. The Hall–Kier alpha value is -2.40. The molecule has 0 aromatic heterocycles. The van der Waals surface area contributed by atoms with Crippen LogP contribution in [0.3, 0.4) is 0 Å². The Labute approximate surface area is 164 Å². The molecular formula is C21H25ClO5. The molecule has 0 aliphatic carbocycles. The summed E-state index contributed by atoms with van der Waals surface area (Å²) in [7, 11) is 0. The molecule has 0 unspecified atom stereocenters. The molecule has 2 aromatic rings. The fourth-order valence-electron chi connectivity index (χ4n) is 2.60. The van der Waals surface area contributed by atoms with Crippen LogP contribution in [0.1, 0.15) is 43.6 Å². The number of benzene rings is 2. The molecule has 0 atom stereocenters. The van der Waals surface area contributed by atoms with Crippen molar-refractivity contribution in [2.24, 2.45) is 0 Å². The highest BCUT2D eigenvalue weighted by Crippen LogP contribution is 2.37. The van der Waals surface area contributed by atoms with Crippen LogP contribution in [0.5, 0.6) is 17.2 Å². The van der Waals surface area contributed by atoms with Crippen molar-refractivity contribution in [2.45, 2.75) is 33.1 Å². The minimum Gasteiger partial charge on any atom is -0.490 e. The number of carboxylic acids is 1. The Morgan fingerprint density at radius 1 is 1.04 bits per heavy atom. The number of hydrogen-bond acceptors (Lipinski definition) is 4. The van der Waals surface area contributed by atoms with Crippen LogP contribution in [-0.2, 0) is 5.41 Å². The lowest BCUT2D eigenvalue weighted by Gasteiger charge is -2.22. The van der Waals surface area contributed by atoms with Crippen molar-refractivity contribution in [3.05, 3.63) is 52.5 Å². The molecule has 6 heteroatoms. The topological polar surface area (TPSA) is 65.0 Å². The van der Waals surface area contributed by atoms with Crippen LogP contribution in [-0.4, -0.2) is 30.9 Å². The van der Waals surface area contributed by atoms with Crippen molar-refractivity contribution in [3.63, 3.8) is 0 Å². The van der Waals surface area contributed by atoms with Crippen molar-refractivity contribution >= 4 is 17.6 Å². The molecule has 5 nitrogen and oxygen atoms in total. The van der Waals surface area contributed by atoms with Gasteiger partial charge in [0.25, 0.3) is 0 Å². The highest BCUT2D eigenvalue weighted by Gasteiger charge is 2.19. The lowest BCUT2D eigenvalue weighted by molar-refractivity contribution is 0.0696. The van der Waals surface area contributed by atoms with Crippen LogP contribution >= 0.6 is 11.6 Å². The molecule has 0 bridgehead atoms. The molecule has 0 spiro atoms. The maximum Gasteiger partial charge on any atom is 0.335 e. The fraction of sp³-hybridized carbons (Fsp3) is 0.381. The SMILES string of the molecule is CCOc1cc(C(=O)O)cc(Cl)c1OCCOc1ccccc1C(C)(C)C. The first-order valence-corrected chi connectivity index (χ1v) is 9.16. The summed E-state index contributed by atoms with van der Waals surface area (Å²) < 4.78 is 17.1. The maximum absolute atomic E-state index is 11.2. The van der Waals surface area contributed by atoms with Crippen molar-refractivity contribution < 1.29 is 24.1 Å². The van der Waals surface area contributed by atoms with Crippen LogP contribution in [0.15, 0.2) is 36.4 Å². The molecule has 0 radical (unpaired) electrons. The van der Waals surface area contributed by atoms with Gasteiger partial charge in [-0.05, 0) is 36.1 Å². The van der Waals surface area contributed by atoms with Crippen molar-refractivity contribution in [2.75, 3.05) is 19.8 Å². The summed E-state index contributed by atoms with van der Waals surface area (Å²) >= 11 is 6.19. The fourth-order valence-corrected chi connectivity index (χ4v) is 2.87. The predicted molar refractivity (Wildman–Crippen MR) is 106 cm³/mol. The number of para-hydroxylation sites is 1. The summed E-state index contributed by atoms with van der Waals surface area (Å²) in [5.41, 5.74) is 1.13. The Morgan fingerprint density at radius 2 is 1.70 bits per heavy atom. The van der Waals surface area contributed by atoms with Gasteiger partial charge in [-0.1, -0.05) is 50.6 Å². The van der Waals surface area contributed by atoms with Crippen LogP contribution in [0, 0.1) is 0 Å². The Morgan fingerprint density at radius 3 is 2.33 bits per heavy atom. The molecule has 146 valence electrons. The second-order valence-electron chi connectivity index (χ2n) is 6.97. The van der Waals surface area contributed by atoms with Gasteiger partial charge in [0.05, 0.1) is 17.2 Å². The minimum absolute atomic E-state index is 0.0322. The number of carbonyl (C=O) groups is 1. The van der Waals surface area contributed by atoms with E-state index in [1.165, 1.54) is 12.1 Å². The van der Waals surface area contributed by atoms with E-state index in [4.69, 9.17) is 30.9 Å². The van der Waals surface area contributed by atoms with Crippen LogP contribution in [0.2, 0.25) is 5.02 Å². The van der Waals surface area contributed by atoms with Crippen molar-refractivity contribution in [1.29, 1.82) is 0 Å². The summed E-state index contributed by atoms with van der Waals surface area (Å²) in [5.74, 6) is 0.353. The smallest absolute Gasteiger partial charge is 0.335 e. The third-order valence-corrected chi connectivity index (χ3v) is 4.12. The summed E-state index contributed by atoms with van der Waals surface area (Å²) in [6, 6.07) is 10.6. The first-order chi connectivity index (χ1) is 12.7. The third kappa shape index (κ3) is 5.54. The zero-order valence-electron chi connectivity index (χ0n) is 16.0. The minimum atomic E-state index is -1.08. The average molecular weight is 393 g/mol. The molecule has 2 rings (SSSR count). The van der Waals surface area contributed by atoms with Gasteiger partial charge in [-0.25, -0.2) is 4.79 Å². The Bertz CT molecular complexity index is 796. The van der Waals surface area contributed by atoms with Crippen LogP contribution < -0.4 is 14.2 Å². The van der Waals surface area contributed by atoms with Gasteiger partial charge >= 0.3 is 5.97 Å². The number of carboxylic acid groups (broad SMARTS) is 1. The van der Waals surface area contributed by atoms with E-state index in [9.17, 15) is 4.79 Å². The number of rotatable bonds is 8. The molecule has 0 fully saturated rings. The lowest BCUT2D eigenvalue weighted by atomic mass is 9.86. The first-order valence-electron chi connectivity index (χ1n) is 8.78. The van der Waals surface area contributed by atoms with Gasteiger partial charge in [-0.15, -0.1) is 0 Å². The highest BCUT2D eigenvalue weighted by atomic mass is 35.5. The summed E-state index contributed by atoms with van der Waals surface area (Å²) in [4.78, 5) is 11.2. The standard InChI is InChI=1S/C21H25ClO5/c1-5-25-18-13-14(20(23)24)12-16(22)19(18)27-11-10-26-17-9-7-6-8-15(17)21(2,3)4/h6-9,12-13H,5,10-11H2,1-4H3,(H,23,24). The van der Waals surface area contributed by atoms with Gasteiger partial charge in [-0.2, -0.15) is 0 Å². The van der Waals surface area contributed by atoms with E-state index in [-0.39, 0.29) is 22.6 Å². The summed E-state index contributed by atoms with van der Waals surface area (Å²) in [5, 5.41) is 9.34. The molecule has 2 aromatic carbocycles. The number of halogens is 1. The zero-order valence-corrected chi connectivity index (χ0v) is 16.8. The maximum atomic E-state index is 11.2. The van der Waals surface area contributed by atoms with Gasteiger partial charge in [0.1, 0.15) is 19.0 Å². The largest absolute Gasteiger partial charge is 0.490 e. The quantitative estimate of drug-likeness (QED) is 0.626. The molecule has 0 heterocycles. The normalized spacial score (nSPS) is 11.1. The van der Waals surface area contributed by atoms with E-state index in [1.807, 2.05) is 24.3 Å². The summed E-state index contributed by atoms with van der Waals surface area (Å²) in [6.07, 6.45) is 0. The molecular weight excluding hydrogens is 368 g/mol. The van der Waals surface area contributed by atoms with E-state index in [1.54, 1.807) is 6.92 Å². The number of aromatic carboxylic acids is 1. The molecule has 0 aliphatic rings. The summed E-state index contributed by atoms with van der Waals surface area (Å²) in [6.45, 7) is 9.11. The zero-order chi connectivity index (χ0) is 20.0. The van der Waals surface area contributed by atoms with E-state index < -0.39 is 5.97 Å². The van der Waals surface area contributed by atoms with E-state index in [2.05, 4.69) is 20.8 Å². The highest BCUT2D eigenvalue weighted by molar-refractivity contribution is 6.32. The molecule has 27 heavy (non-hydrogen) atoms. The van der Waals surface area contributed by atoms with Gasteiger partial charge in [0.15, 0.2) is 11.5 Å².